The molecule has 1 amide bonds. The highest BCUT2D eigenvalue weighted by atomic mass is 35.5. The van der Waals surface area contributed by atoms with Crippen LogP contribution >= 0.6 is 22.9 Å². The largest absolute Gasteiger partial charge is 0.478 e. The third-order valence-electron chi connectivity index (χ3n) is 5.05. The van der Waals surface area contributed by atoms with Crippen molar-refractivity contribution in [1.82, 2.24) is 0 Å². The standard InChI is InChI=1S/C20H22ClNO3S/c1-20(2,3)11-8-9-13-15(10-11)26-18(16(13)19(24)25)22-17(23)12-6-4-5-7-14(12)21/h4-7,11H,8-10H2,1-3H3,(H,22,23)(H,24,25). The minimum Gasteiger partial charge on any atom is -0.478 e. The average Bonchev–Trinajstić information content (AvgIpc) is 2.91. The van der Waals surface area contributed by atoms with E-state index in [2.05, 4.69) is 26.1 Å². The maximum Gasteiger partial charge on any atom is 0.339 e. The molecule has 0 bridgehead atoms. The van der Waals surface area contributed by atoms with Crippen molar-refractivity contribution in [2.24, 2.45) is 11.3 Å². The van der Waals surface area contributed by atoms with E-state index < -0.39 is 5.97 Å². The maximum absolute atomic E-state index is 12.6. The zero-order chi connectivity index (χ0) is 19.1. The molecule has 138 valence electrons. The van der Waals surface area contributed by atoms with Crippen LogP contribution in [-0.2, 0) is 12.8 Å². The molecular formula is C20H22ClNO3S. The number of benzene rings is 1. The summed E-state index contributed by atoms with van der Waals surface area (Å²) in [5.74, 6) is -0.877. The summed E-state index contributed by atoms with van der Waals surface area (Å²) in [7, 11) is 0. The number of hydrogen-bond acceptors (Lipinski definition) is 3. The fourth-order valence-corrected chi connectivity index (χ4v) is 4.99. The Morgan fingerprint density at radius 1 is 1.27 bits per heavy atom. The number of halogens is 1. The molecule has 1 aliphatic rings. The second-order valence-electron chi connectivity index (χ2n) is 7.75. The van der Waals surface area contributed by atoms with Crippen molar-refractivity contribution in [3.05, 3.63) is 50.9 Å². The molecule has 3 rings (SSSR count). The second kappa shape index (κ2) is 7.05. The third-order valence-corrected chi connectivity index (χ3v) is 6.55. The number of thiophene rings is 1. The molecule has 1 aliphatic carbocycles. The van der Waals surface area contributed by atoms with Gasteiger partial charge in [0.05, 0.1) is 16.1 Å². The lowest BCUT2D eigenvalue weighted by atomic mass is 9.72. The smallest absolute Gasteiger partial charge is 0.339 e. The number of fused-ring (bicyclic) bond motifs is 1. The summed E-state index contributed by atoms with van der Waals surface area (Å²) in [5.41, 5.74) is 1.62. The number of hydrogen-bond donors (Lipinski definition) is 2. The number of anilines is 1. The Kier molecular flexibility index (Phi) is 5.13. The van der Waals surface area contributed by atoms with Gasteiger partial charge in [0.25, 0.3) is 5.91 Å². The summed E-state index contributed by atoms with van der Waals surface area (Å²) < 4.78 is 0. The van der Waals surface area contributed by atoms with E-state index in [9.17, 15) is 14.7 Å². The van der Waals surface area contributed by atoms with E-state index in [0.717, 1.165) is 29.7 Å². The Labute approximate surface area is 162 Å². The van der Waals surface area contributed by atoms with Crippen molar-refractivity contribution in [1.29, 1.82) is 0 Å². The highest BCUT2D eigenvalue weighted by Crippen LogP contribution is 2.44. The van der Waals surface area contributed by atoms with Gasteiger partial charge in [0.15, 0.2) is 0 Å². The predicted molar refractivity (Wildman–Crippen MR) is 106 cm³/mol. The molecule has 1 aromatic carbocycles. The van der Waals surface area contributed by atoms with E-state index in [-0.39, 0.29) is 16.9 Å². The summed E-state index contributed by atoms with van der Waals surface area (Å²) >= 11 is 7.47. The van der Waals surface area contributed by atoms with Crippen LogP contribution in [0.2, 0.25) is 5.02 Å². The summed E-state index contributed by atoms with van der Waals surface area (Å²) in [6, 6.07) is 6.74. The molecule has 0 radical (unpaired) electrons. The van der Waals surface area contributed by atoms with Crippen LogP contribution in [0.5, 0.6) is 0 Å². The minimum absolute atomic E-state index is 0.173. The fraction of sp³-hybridized carbons (Fsp3) is 0.400. The molecule has 1 atom stereocenters. The van der Waals surface area contributed by atoms with Gasteiger partial charge in [-0.25, -0.2) is 4.79 Å². The third kappa shape index (κ3) is 3.64. The topological polar surface area (TPSA) is 66.4 Å². The molecule has 0 fully saturated rings. The Bertz CT molecular complexity index is 866. The van der Waals surface area contributed by atoms with Gasteiger partial charge in [0.2, 0.25) is 0 Å². The molecular weight excluding hydrogens is 370 g/mol. The van der Waals surface area contributed by atoms with Crippen molar-refractivity contribution in [2.75, 3.05) is 5.32 Å². The molecule has 2 aromatic rings. The van der Waals surface area contributed by atoms with Gasteiger partial charge in [-0.15, -0.1) is 11.3 Å². The van der Waals surface area contributed by atoms with Crippen LogP contribution in [0.15, 0.2) is 24.3 Å². The number of carbonyl (C=O) groups excluding carboxylic acids is 1. The van der Waals surface area contributed by atoms with Crippen molar-refractivity contribution >= 4 is 39.8 Å². The van der Waals surface area contributed by atoms with E-state index >= 15 is 0 Å². The van der Waals surface area contributed by atoms with Crippen LogP contribution in [0.25, 0.3) is 0 Å². The quantitative estimate of drug-likeness (QED) is 0.725. The average molecular weight is 392 g/mol. The number of nitrogens with one attached hydrogen (secondary N) is 1. The van der Waals surface area contributed by atoms with Crippen molar-refractivity contribution in [3.8, 4) is 0 Å². The first-order valence-corrected chi connectivity index (χ1v) is 9.81. The van der Waals surface area contributed by atoms with Crippen molar-refractivity contribution in [3.63, 3.8) is 0 Å². The molecule has 4 nitrogen and oxygen atoms in total. The summed E-state index contributed by atoms with van der Waals surface area (Å²) in [6.07, 6.45) is 2.55. The van der Waals surface area contributed by atoms with E-state index in [0.29, 0.717) is 21.5 Å². The van der Waals surface area contributed by atoms with Gasteiger partial charge in [-0.1, -0.05) is 44.5 Å². The molecule has 0 saturated heterocycles. The van der Waals surface area contributed by atoms with Gasteiger partial charge in [-0.05, 0) is 48.3 Å². The maximum atomic E-state index is 12.6. The monoisotopic (exact) mass is 391 g/mol. The summed E-state index contributed by atoms with van der Waals surface area (Å²) in [4.78, 5) is 25.5. The van der Waals surface area contributed by atoms with Gasteiger partial charge in [0.1, 0.15) is 5.00 Å². The van der Waals surface area contributed by atoms with E-state index in [1.807, 2.05) is 0 Å². The molecule has 0 saturated carbocycles. The molecule has 2 N–H and O–H groups in total. The van der Waals surface area contributed by atoms with Crippen molar-refractivity contribution in [2.45, 2.75) is 40.0 Å². The van der Waals surface area contributed by atoms with E-state index in [1.165, 1.54) is 11.3 Å². The Morgan fingerprint density at radius 3 is 2.58 bits per heavy atom. The molecule has 6 heteroatoms. The molecule has 1 heterocycles. The van der Waals surface area contributed by atoms with Gasteiger partial charge >= 0.3 is 5.97 Å². The lowest BCUT2D eigenvalue weighted by Crippen LogP contribution is -2.26. The second-order valence-corrected chi connectivity index (χ2v) is 9.27. The molecule has 26 heavy (non-hydrogen) atoms. The van der Waals surface area contributed by atoms with E-state index in [4.69, 9.17) is 11.6 Å². The molecule has 1 unspecified atom stereocenters. The zero-order valence-electron chi connectivity index (χ0n) is 15.1. The van der Waals surface area contributed by atoms with Crippen LogP contribution in [0.1, 0.15) is 58.3 Å². The van der Waals surface area contributed by atoms with Crippen LogP contribution in [0.4, 0.5) is 5.00 Å². The molecule has 1 aromatic heterocycles. The van der Waals surface area contributed by atoms with E-state index in [1.54, 1.807) is 24.3 Å². The number of aromatic carboxylic acids is 1. The summed E-state index contributed by atoms with van der Waals surface area (Å²) in [5, 5.41) is 13.2. The number of carbonyl (C=O) groups is 2. The fourth-order valence-electron chi connectivity index (χ4n) is 3.46. The Hall–Kier alpha value is -1.85. The Morgan fingerprint density at radius 2 is 1.96 bits per heavy atom. The van der Waals surface area contributed by atoms with Gasteiger partial charge in [-0.2, -0.15) is 0 Å². The van der Waals surface area contributed by atoms with Crippen molar-refractivity contribution < 1.29 is 14.7 Å². The van der Waals surface area contributed by atoms with Crippen LogP contribution in [-0.4, -0.2) is 17.0 Å². The minimum atomic E-state index is -0.994. The predicted octanol–water partition coefficient (Wildman–Crippen LogP) is 5.50. The first kappa shape index (κ1) is 18.9. The zero-order valence-corrected chi connectivity index (χ0v) is 16.6. The van der Waals surface area contributed by atoms with Gasteiger partial charge in [-0.3, -0.25) is 4.79 Å². The van der Waals surface area contributed by atoms with Gasteiger partial charge in [0, 0.05) is 4.88 Å². The van der Waals surface area contributed by atoms with Crippen LogP contribution < -0.4 is 5.32 Å². The first-order chi connectivity index (χ1) is 12.2. The number of carboxylic acid groups (broad SMARTS) is 1. The van der Waals surface area contributed by atoms with Crippen LogP contribution in [0, 0.1) is 11.3 Å². The SMILES string of the molecule is CC(C)(C)C1CCc2c(sc(NC(=O)c3ccccc3Cl)c2C(=O)O)C1. The number of carboxylic acids is 1. The number of rotatable bonds is 3. The van der Waals surface area contributed by atoms with Gasteiger partial charge < -0.3 is 10.4 Å². The normalized spacial score (nSPS) is 16.8. The highest BCUT2D eigenvalue weighted by molar-refractivity contribution is 7.17. The number of amides is 1. The first-order valence-electron chi connectivity index (χ1n) is 8.62. The summed E-state index contributed by atoms with van der Waals surface area (Å²) in [6.45, 7) is 6.65. The lowest BCUT2D eigenvalue weighted by Gasteiger charge is -2.33. The molecule has 0 aliphatic heterocycles. The Balaban J connectivity index is 1.94. The van der Waals surface area contributed by atoms with Crippen LogP contribution in [0.3, 0.4) is 0 Å². The highest BCUT2D eigenvalue weighted by Gasteiger charge is 2.34. The molecule has 0 spiro atoms. The lowest BCUT2D eigenvalue weighted by molar-refractivity contribution is 0.0696.